The summed E-state index contributed by atoms with van der Waals surface area (Å²) in [5.74, 6) is 1.16. The number of rotatable bonds is 6. The Hall–Kier alpha value is 0.230. The van der Waals surface area contributed by atoms with Gasteiger partial charge in [-0.2, -0.15) is 11.8 Å². The van der Waals surface area contributed by atoms with E-state index in [0.29, 0.717) is 12.1 Å². The van der Waals surface area contributed by atoms with Crippen molar-refractivity contribution in [2.45, 2.75) is 37.5 Å². The first-order valence-corrected chi connectivity index (χ1v) is 6.93. The Kier molecular flexibility index (Phi) is 4.90. The van der Waals surface area contributed by atoms with Crippen molar-refractivity contribution in [1.82, 2.24) is 4.90 Å². The molecule has 4 heteroatoms. The lowest BCUT2D eigenvalue weighted by Crippen LogP contribution is -2.65. The van der Waals surface area contributed by atoms with Crippen molar-refractivity contribution in [2.24, 2.45) is 5.73 Å². The van der Waals surface area contributed by atoms with Crippen LogP contribution in [0, 0.1) is 0 Å². The summed E-state index contributed by atoms with van der Waals surface area (Å²) in [6.45, 7) is 3.01. The van der Waals surface area contributed by atoms with Gasteiger partial charge in [-0.25, -0.2) is 0 Å². The lowest BCUT2D eigenvalue weighted by Gasteiger charge is -2.54. The summed E-state index contributed by atoms with van der Waals surface area (Å²) < 4.78 is 5.35. The SMILES string of the molecule is COC1CC(CN)(N(C)C(C)CSC)C1. The first kappa shape index (κ1) is 13.3. The molecule has 1 saturated carbocycles. The Morgan fingerprint density at radius 3 is 2.60 bits per heavy atom. The third-order valence-electron chi connectivity index (χ3n) is 3.75. The Morgan fingerprint density at radius 2 is 2.20 bits per heavy atom. The summed E-state index contributed by atoms with van der Waals surface area (Å²) in [6, 6.07) is 0.585. The summed E-state index contributed by atoms with van der Waals surface area (Å²) in [4.78, 5) is 2.44. The molecule has 90 valence electrons. The topological polar surface area (TPSA) is 38.5 Å². The normalized spacial score (nSPS) is 32.8. The number of nitrogens with two attached hydrogens (primary N) is 1. The Balaban J connectivity index is 2.52. The fourth-order valence-corrected chi connectivity index (χ4v) is 3.08. The predicted molar refractivity (Wildman–Crippen MR) is 67.4 cm³/mol. The van der Waals surface area contributed by atoms with Crippen LogP contribution in [0.3, 0.4) is 0 Å². The van der Waals surface area contributed by atoms with Gasteiger partial charge in [-0.15, -0.1) is 0 Å². The minimum Gasteiger partial charge on any atom is -0.381 e. The molecule has 3 nitrogen and oxygen atoms in total. The fourth-order valence-electron chi connectivity index (χ4n) is 2.37. The van der Waals surface area contributed by atoms with E-state index in [9.17, 15) is 0 Å². The molecule has 2 N–H and O–H groups in total. The van der Waals surface area contributed by atoms with Crippen molar-refractivity contribution in [1.29, 1.82) is 0 Å². The van der Waals surface area contributed by atoms with Gasteiger partial charge >= 0.3 is 0 Å². The van der Waals surface area contributed by atoms with Gasteiger partial charge in [0.05, 0.1) is 6.10 Å². The second-order valence-corrected chi connectivity index (χ2v) is 5.52. The van der Waals surface area contributed by atoms with E-state index in [1.54, 1.807) is 7.11 Å². The van der Waals surface area contributed by atoms with Crippen molar-refractivity contribution < 1.29 is 4.74 Å². The molecule has 0 aromatic heterocycles. The molecule has 1 aliphatic rings. The molecular formula is C11H24N2OS. The van der Waals surface area contributed by atoms with E-state index >= 15 is 0 Å². The molecule has 0 aromatic rings. The Labute approximate surface area is 97.7 Å². The largest absolute Gasteiger partial charge is 0.381 e. The number of nitrogens with zero attached hydrogens (tertiary/aromatic N) is 1. The highest BCUT2D eigenvalue weighted by molar-refractivity contribution is 7.98. The predicted octanol–water partition coefficient (Wildman–Crippen LogP) is 1.18. The molecular weight excluding hydrogens is 208 g/mol. The number of hydrogen-bond acceptors (Lipinski definition) is 4. The van der Waals surface area contributed by atoms with Gasteiger partial charge in [0.15, 0.2) is 0 Å². The van der Waals surface area contributed by atoms with Crippen LogP contribution in [0.4, 0.5) is 0 Å². The molecule has 1 aliphatic carbocycles. The third-order valence-corrected chi connectivity index (χ3v) is 4.56. The summed E-state index contributed by atoms with van der Waals surface area (Å²) >= 11 is 1.89. The molecule has 0 saturated heterocycles. The van der Waals surface area contributed by atoms with Gasteiger partial charge in [0.2, 0.25) is 0 Å². The Bertz CT molecular complexity index is 195. The van der Waals surface area contributed by atoms with Crippen molar-refractivity contribution in [3.63, 3.8) is 0 Å². The molecule has 0 radical (unpaired) electrons. The van der Waals surface area contributed by atoms with Crippen molar-refractivity contribution in [3.05, 3.63) is 0 Å². The number of likely N-dealkylation sites (N-methyl/N-ethyl adjacent to an activating group) is 1. The van der Waals surface area contributed by atoms with Crippen LogP contribution >= 0.6 is 11.8 Å². The average molecular weight is 232 g/mol. The molecule has 0 amide bonds. The zero-order valence-corrected chi connectivity index (χ0v) is 11.1. The highest BCUT2D eigenvalue weighted by Gasteiger charge is 2.47. The fraction of sp³-hybridized carbons (Fsp3) is 1.00. The van der Waals surface area contributed by atoms with Crippen LogP contribution in [0.15, 0.2) is 0 Å². The number of methoxy groups -OCH3 is 1. The van der Waals surface area contributed by atoms with Gasteiger partial charge < -0.3 is 10.5 Å². The zero-order valence-electron chi connectivity index (χ0n) is 10.3. The Morgan fingerprint density at radius 1 is 1.60 bits per heavy atom. The summed E-state index contributed by atoms with van der Waals surface area (Å²) in [5, 5.41) is 0. The molecule has 0 aromatic carbocycles. The molecule has 0 aliphatic heterocycles. The number of thioether (sulfide) groups is 1. The lowest BCUT2D eigenvalue weighted by atomic mass is 9.72. The molecule has 1 unspecified atom stereocenters. The van der Waals surface area contributed by atoms with Crippen LogP contribution in [-0.4, -0.2) is 55.3 Å². The quantitative estimate of drug-likeness (QED) is 0.746. The first-order valence-electron chi connectivity index (χ1n) is 5.54. The maximum atomic E-state index is 5.92. The van der Waals surface area contributed by atoms with E-state index in [1.165, 1.54) is 0 Å². The molecule has 0 bridgehead atoms. The second-order valence-electron chi connectivity index (χ2n) is 4.61. The number of hydrogen-bond donors (Lipinski definition) is 1. The van der Waals surface area contributed by atoms with Gasteiger partial charge in [0, 0.05) is 31.0 Å². The van der Waals surface area contributed by atoms with Crippen molar-refractivity contribution in [2.75, 3.05) is 32.7 Å². The highest BCUT2D eigenvalue weighted by Crippen LogP contribution is 2.39. The van der Waals surface area contributed by atoms with Crippen LogP contribution < -0.4 is 5.73 Å². The van der Waals surface area contributed by atoms with Gasteiger partial charge in [-0.3, -0.25) is 4.90 Å². The molecule has 0 heterocycles. The maximum absolute atomic E-state index is 5.92. The van der Waals surface area contributed by atoms with Crippen LogP contribution in [0.2, 0.25) is 0 Å². The molecule has 1 fully saturated rings. The number of ether oxygens (including phenoxy) is 1. The smallest absolute Gasteiger partial charge is 0.0607 e. The van der Waals surface area contributed by atoms with Crippen LogP contribution in [-0.2, 0) is 4.74 Å². The first-order chi connectivity index (χ1) is 7.09. The van der Waals surface area contributed by atoms with Crippen LogP contribution in [0.5, 0.6) is 0 Å². The third kappa shape index (κ3) is 2.67. The zero-order chi connectivity index (χ0) is 11.5. The van der Waals surface area contributed by atoms with Crippen molar-refractivity contribution >= 4 is 11.8 Å². The van der Waals surface area contributed by atoms with Crippen LogP contribution in [0.25, 0.3) is 0 Å². The van der Waals surface area contributed by atoms with E-state index in [-0.39, 0.29) is 5.54 Å². The second kappa shape index (κ2) is 5.53. The van der Waals surface area contributed by atoms with Crippen LogP contribution in [0.1, 0.15) is 19.8 Å². The summed E-state index contributed by atoms with van der Waals surface area (Å²) in [6.07, 6.45) is 4.72. The maximum Gasteiger partial charge on any atom is 0.0607 e. The van der Waals surface area contributed by atoms with E-state index < -0.39 is 0 Å². The monoisotopic (exact) mass is 232 g/mol. The van der Waals surface area contributed by atoms with Gasteiger partial charge in [0.1, 0.15) is 0 Å². The average Bonchev–Trinajstić information content (AvgIpc) is 2.17. The minimum absolute atomic E-state index is 0.190. The van der Waals surface area contributed by atoms with Crippen molar-refractivity contribution in [3.8, 4) is 0 Å². The van der Waals surface area contributed by atoms with E-state index in [4.69, 9.17) is 10.5 Å². The van der Waals surface area contributed by atoms with E-state index in [1.807, 2.05) is 11.8 Å². The highest BCUT2D eigenvalue weighted by atomic mass is 32.2. The lowest BCUT2D eigenvalue weighted by molar-refractivity contribution is -0.0870. The van der Waals surface area contributed by atoms with E-state index in [2.05, 4.69) is 25.1 Å². The summed E-state index contributed by atoms with van der Waals surface area (Å²) in [5.41, 5.74) is 6.11. The minimum atomic E-state index is 0.190. The standard InChI is InChI=1S/C11H24N2OS/c1-9(7-15-4)13(2)11(8-12)5-10(6-11)14-3/h9-10H,5-8,12H2,1-4H3. The van der Waals surface area contributed by atoms with Gasteiger partial charge in [-0.1, -0.05) is 0 Å². The van der Waals surface area contributed by atoms with E-state index in [0.717, 1.165) is 25.1 Å². The van der Waals surface area contributed by atoms with Gasteiger partial charge in [0.25, 0.3) is 0 Å². The molecule has 15 heavy (non-hydrogen) atoms. The summed E-state index contributed by atoms with van der Waals surface area (Å²) in [7, 11) is 3.98. The molecule has 1 atom stereocenters. The molecule has 0 spiro atoms. The van der Waals surface area contributed by atoms with Gasteiger partial charge in [-0.05, 0) is 33.1 Å². The molecule has 1 rings (SSSR count).